The zero-order chi connectivity index (χ0) is 12.3. The minimum Gasteiger partial charge on any atom is -0.478 e. The summed E-state index contributed by atoms with van der Waals surface area (Å²) in [5, 5.41) is 9.67. The number of carboxylic acid groups (broad SMARTS) is 1. The summed E-state index contributed by atoms with van der Waals surface area (Å²) in [6, 6.07) is 9.24. The van der Waals surface area contributed by atoms with E-state index in [0.29, 0.717) is 10.9 Å². The van der Waals surface area contributed by atoms with E-state index in [-0.39, 0.29) is 5.56 Å². The highest BCUT2D eigenvalue weighted by Gasteiger charge is 2.14. The van der Waals surface area contributed by atoms with E-state index in [4.69, 9.17) is 5.11 Å². The van der Waals surface area contributed by atoms with E-state index < -0.39 is 5.97 Å². The van der Waals surface area contributed by atoms with Gasteiger partial charge < -0.3 is 5.11 Å². The van der Waals surface area contributed by atoms with Crippen LogP contribution < -0.4 is 0 Å². The Kier molecular flexibility index (Phi) is 3.39. The van der Waals surface area contributed by atoms with Gasteiger partial charge in [-0.15, -0.1) is 0 Å². The molecule has 0 aliphatic rings. The third-order valence-corrected chi connectivity index (χ3v) is 2.79. The molecule has 2 aromatic rings. The molecule has 1 heterocycles. The lowest BCUT2D eigenvalue weighted by Crippen LogP contribution is -2.04. The molecule has 2 rings (SSSR count). The fourth-order valence-electron chi connectivity index (χ4n) is 1.44. The summed E-state index contributed by atoms with van der Waals surface area (Å²) in [7, 11) is 0. The van der Waals surface area contributed by atoms with Crippen LogP contribution in [-0.4, -0.2) is 27.3 Å². The van der Waals surface area contributed by atoms with E-state index in [9.17, 15) is 4.79 Å². The molecule has 0 radical (unpaired) electrons. The summed E-state index contributed by atoms with van der Waals surface area (Å²) in [6.07, 6.45) is 3.20. The number of hydrogen-bond acceptors (Lipinski definition) is 4. The minimum absolute atomic E-state index is 0.119. The number of hydrogen-bond donors (Lipinski definition) is 1. The Morgan fingerprint density at radius 2 is 2.00 bits per heavy atom. The van der Waals surface area contributed by atoms with Gasteiger partial charge in [0.2, 0.25) is 0 Å². The molecule has 1 aromatic carbocycles. The Labute approximate surface area is 103 Å². The lowest BCUT2D eigenvalue weighted by Gasteiger charge is -2.06. The second kappa shape index (κ2) is 4.97. The number of thioether (sulfide) groups is 1. The number of aromatic carboxylic acids is 1. The fourth-order valence-corrected chi connectivity index (χ4v) is 1.78. The number of carbonyl (C=O) groups is 1. The van der Waals surface area contributed by atoms with Gasteiger partial charge in [-0.25, -0.2) is 14.8 Å². The number of benzene rings is 1. The van der Waals surface area contributed by atoms with Crippen molar-refractivity contribution in [3.63, 3.8) is 0 Å². The number of nitrogens with zero attached hydrogens (tertiary/aromatic N) is 2. The number of carboxylic acids is 1. The van der Waals surface area contributed by atoms with Crippen LogP contribution in [0.3, 0.4) is 0 Å². The topological polar surface area (TPSA) is 63.1 Å². The minimum atomic E-state index is -1.02. The van der Waals surface area contributed by atoms with Crippen molar-refractivity contribution in [2.75, 3.05) is 6.26 Å². The highest BCUT2D eigenvalue weighted by Crippen LogP contribution is 2.23. The van der Waals surface area contributed by atoms with Crippen molar-refractivity contribution in [3.8, 4) is 11.3 Å². The number of aromatic nitrogens is 2. The molecule has 5 heteroatoms. The van der Waals surface area contributed by atoms with E-state index in [0.717, 1.165) is 5.56 Å². The molecule has 0 amide bonds. The molecule has 1 N–H and O–H groups in total. The Bertz CT molecular complexity index is 543. The molecule has 86 valence electrons. The van der Waals surface area contributed by atoms with Gasteiger partial charge in [-0.3, -0.25) is 0 Å². The SMILES string of the molecule is CSc1ncc(C(=O)O)c(-c2ccccc2)n1. The van der Waals surface area contributed by atoms with Crippen molar-refractivity contribution in [1.29, 1.82) is 0 Å². The fraction of sp³-hybridized carbons (Fsp3) is 0.0833. The summed E-state index contributed by atoms with van der Waals surface area (Å²) < 4.78 is 0. The molecule has 0 bridgehead atoms. The molecular weight excluding hydrogens is 236 g/mol. The average Bonchev–Trinajstić information content (AvgIpc) is 2.39. The third kappa shape index (κ3) is 2.45. The van der Waals surface area contributed by atoms with E-state index in [1.165, 1.54) is 18.0 Å². The summed E-state index contributed by atoms with van der Waals surface area (Å²) in [4.78, 5) is 19.3. The molecule has 17 heavy (non-hydrogen) atoms. The van der Waals surface area contributed by atoms with Gasteiger partial charge in [0.05, 0.1) is 5.69 Å². The normalized spacial score (nSPS) is 10.2. The van der Waals surface area contributed by atoms with Crippen molar-refractivity contribution < 1.29 is 9.90 Å². The van der Waals surface area contributed by atoms with Crippen LogP contribution in [0.4, 0.5) is 0 Å². The van der Waals surface area contributed by atoms with Crippen LogP contribution in [0.1, 0.15) is 10.4 Å². The van der Waals surface area contributed by atoms with Gasteiger partial charge in [-0.05, 0) is 6.26 Å². The van der Waals surface area contributed by atoms with Crippen molar-refractivity contribution >= 4 is 17.7 Å². The first-order valence-electron chi connectivity index (χ1n) is 4.92. The van der Waals surface area contributed by atoms with Gasteiger partial charge in [0.1, 0.15) is 5.56 Å². The van der Waals surface area contributed by atoms with E-state index >= 15 is 0 Å². The molecular formula is C12H10N2O2S. The molecule has 0 saturated heterocycles. The zero-order valence-electron chi connectivity index (χ0n) is 9.12. The predicted molar refractivity (Wildman–Crippen MR) is 66.2 cm³/mol. The van der Waals surface area contributed by atoms with Crippen LogP contribution in [0, 0.1) is 0 Å². The Morgan fingerprint density at radius 3 is 2.59 bits per heavy atom. The predicted octanol–water partition coefficient (Wildman–Crippen LogP) is 2.56. The standard InChI is InChI=1S/C12H10N2O2S/c1-17-12-13-7-9(11(15)16)10(14-12)8-5-3-2-4-6-8/h2-7H,1H3,(H,15,16). The molecule has 0 atom stereocenters. The van der Waals surface area contributed by atoms with Crippen LogP contribution in [0.5, 0.6) is 0 Å². The van der Waals surface area contributed by atoms with Crippen molar-refractivity contribution in [2.24, 2.45) is 0 Å². The van der Waals surface area contributed by atoms with Crippen molar-refractivity contribution in [2.45, 2.75) is 5.16 Å². The van der Waals surface area contributed by atoms with Gasteiger partial charge in [-0.1, -0.05) is 42.1 Å². The van der Waals surface area contributed by atoms with Crippen LogP contribution in [-0.2, 0) is 0 Å². The van der Waals surface area contributed by atoms with Crippen LogP contribution in [0.25, 0.3) is 11.3 Å². The van der Waals surface area contributed by atoms with Crippen LogP contribution in [0.15, 0.2) is 41.7 Å². The molecule has 4 nitrogen and oxygen atoms in total. The summed E-state index contributed by atoms with van der Waals surface area (Å²) in [6.45, 7) is 0. The van der Waals surface area contributed by atoms with Gasteiger partial charge in [0, 0.05) is 11.8 Å². The highest BCUT2D eigenvalue weighted by atomic mass is 32.2. The molecule has 0 aliphatic carbocycles. The molecule has 0 aliphatic heterocycles. The molecule has 0 fully saturated rings. The van der Waals surface area contributed by atoms with Gasteiger partial charge in [-0.2, -0.15) is 0 Å². The quantitative estimate of drug-likeness (QED) is 0.666. The maximum atomic E-state index is 11.1. The monoisotopic (exact) mass is 246 g/mol. The second-order valence-corrected chi connectivity index (χ2v) is 4.06. The maximum absolute atomic E-state index is 11.1. The van der Waals surface area contributed by atoms with Gasteiger partial charge in [0.25, 0.3) is 0 Å². The zero-order valence-corrected chi connectivity index (χ0v) is 9.94. The second-order valence-electron chi connectivity index (χ2n) is 3.29. The molecule has 0 spiro atoms. The first kappa shape index (κ1) is 11.6. The smallest absolute Gasteiger partial charge is 0.339 e. The summed E-state index contributed by atoms with van der Waals surface area (Å²) in [5.41, 5.74) is 1.36. The van der Waals surface area contributed by atoms with Crippen LogP contribution >= 0.6 is 11.8 Å². The van der Waals surface area contributed by atoms with Crippen molar-refractivity contribution in [3.05, 3.63) is 42.1 Å². The highest BCUT2D eigenvalue weighted by molar-refractivity contribution is 7.98. The molecule has 1 aromatic heterocycles. The Hall–Kier alpha value is -1.88. The maximum Gasteiger partial charge on any atom is 0.339 e. The van der Waals surface area contributed by atoms with E-state index in [1.54, 1.807) is 0 Å². The Balaban J connectivity index is 2.61. The van der Waals surface area contributed by atoms with Gasteiger partial charge in [0.15, 0.2) is 5.16 Å². The largest absolute Gasteiger partial charge is 0.478 e. The number of rotatable bonds is 3. The van der Waals surface area contributed by atoms with Gasteiger partial charge >= 0.3 is 5.97 Å². The van der Waals surface area contributed by atoms with Crippen LogP contribution in [0.2, 0.25) is 0 Å². The average molecular weight is 246 g/mol. The first-order chi connectivity index (χ1) is 8.22. The van der Waals surface area contributed by atoms with E-state index in [1.807, 2.05) is 36.6 Å². The molecule has 0 unspecified atom stereocenters. The first-order valence-corrected chi connectivity index (χ1v) is 6.14. The Morgan fingerprint density at radius 1 is 1.29 bits per heavy atom. The summed E-state index contributed by atoms with van der Waals surface area (Å²) in [5.74, 6) is -1.02. The lowest BCUT2D eigenvalue weighted by molar-refractivity contribution is 0.0696. The summed E-state index contributed by atoms with van der Waals surface area (Å²) >= 11 is 1.38. The molecule has 0 saturated carbocycles. The lowest BCUT2D eigenvalue weighted by atomic mass is 10.1. The van der Waals surface area contributed by atoms with Crippen molar-refractivity contribution in [1.82, 2.24) is 9.97 Å². The third-order valence-electron chi connectivity index (χ3n) is 2.23. The van der Waals surface area contributed by atoms with E-state index in [2.05, 4.69) is 9.97 Å².